The van der Waals surface area contributed by atoms with Gasteiger partial charge in [0.25, 0.3) is 0 Å². The summed E-state index contributed by atoms with van der Waals surface area (Å²) in [5, 5.41) is 8.53. The smallest absolute Gasteiger partial charge is 0.328 e. The van der Waals surface area contributed by atoms with Crippen molar-refractivity contribution in [1.82, 2.24) is 0 Å². The molecular weight excluding hydrogens is 209 g/mol. The van der Waals surface area contributed by atoms with E-state index in [9.17, 15) is 9.18 Å². The van der Waals surface area contributed by atoms with E-state index in [1.165, 1.54) is 12.1 Å². The number of aliphatic carboxylic acids is 1. The summed E-state index contributed by atoms with van der Waals surface area (Å²) in [4.78, 5) is 12.3. The molecule has 0 atom stereocenters. The van der Waals surface area contributed by atoms with Crippen molar-refractivity contribution in [3.05, 3.63) is 35.7 Å². The summed E-state index contributed by atoms with van der Waals surface area (Å²) < 4.78 is 13.5. The molecule has 0 radical (unpaired) electrons. The van der Waals surface area contributed by atoms with Crippen LogP contribution in [0.5, 0.6) is 0 Å². The Hall–Kier alpha value is -1.84. The summed E-state index contributed by atoms with van der Waals surface area (Å²) in [5.74, 6) is -1.51. The van der Waals surface area contributed by atoms with Crippen LogP contribution >= 0.6 is 0 Å². The van der Waals surface area contributed by atoms with Crippen LogP contribution in [0.25, 0.3) is 6.08 Å². The second-order valence-corrected chi connectivity index (χ2v) is 3.36. The van der Waals surface area contributed by atoms with Gasteiger partial charge in [0, 0.05) is 30.9 Å². The van der Waals surface area contributed by atoms with Crippen LogP contribution in [0, 0.1) is 5.82 Å². The quantitative estimate of drug-likeness (QED) is 0.797. The molecule has 16 heavy (non-hydrogen) atoms. The van der Waals surface area contributed by atoms with Gasteiger partial charge >= 0.3 is 5.97 Å². The van der Waals surface area contributed by atoms with Gasteiger partial charge in [0.1, 0.15) is 5.82 Å². The average molecular weight is 223 g/mol. The third-order valence-corrected chi connectivity index (χ3v) is 2.31. The summed E-state index contributed by atoms with van der Waals surface area (Å²) >= 11 is 0. The monoisotopic (exact) mass is 223 g/mol. The van der Waals surface area contributed by atoms with Gasteiger partial charge in [-0.15, -0.1) is 0 Å². The van der Waals surface area contributed by atoms with E-state index in [0.717, 1.165) is 12.6 Å². The van der Waals surface area contributed by atoms with E-state index in [4.69, 9.17) is 5.11 Å². The molecule has 0 aromatic heterocycles. The highest BCUT2D eigenvalue weighted by Crippen LogP contribution is 2.23. The maximum Gasteiger partial charge on any atom is 0.328 e. The molecule has 1 aromatic carbocycles. The Kier molecular flexibility index (Phi) is 4.05. The van der Waals surface area contributed by atoms with E-state index in [-0.39, 0.29) is 0 Å². The number of hydrogen-bond donors (Lipinski definition) is 1. The minimum Gasteiger partial charge on any atom is -0.478 e. The predicted molar refractivity (Wildman–Crippen MR) is 62.0 cm³/mol. The molecular formula is C12H14FNO2. The number of nitrogens with zero attached hydrogens (tertiary/aromatic N) is 1. The van der Waals surface area contributed by atoms with Gasteiger partial charge in [-0.05, 0) is 25.1 Å². The average Bonchev–Trinajstić information content (AvgIpc) is 2.25. The molecule has 1 N–H and O–H groups in total. The van der Waals surface area contributed by atoms with Crippen molar-refractivity contribution in [3.8, 4) is 0 Å². The van der Waals surface area contributed by atoms with Gasteiger partial charge < -0.3 is 10.0 Å². The van der Waals surface area contributed by atoms with Crippen LogP contribution < -0.4 is 4.90 Å². The van der Waals surface area contributed by atoms with Crippen LogP contribution in [-0.4, -0.2) is 24.7 Å². The van der Waals surface area contributed by atoms with Crippen LogP contribution in [0.15, 0.2) is 24.3 Å². The van der Waals surface area contributed by atoms with E-state index in [2.05, 4.69) is 0 Å². The number of carbonyl (C=O) groups is 1. The number of rotatable bonds is 4. The number of benzene rings is 1. The van der Waals surface area contributed by atoms with Crippen molar-refractivity contribution in [3.63, 3.8) is 0 Å². The molecule has 0 aliphatic carbocycles. The molecule has 0 unspecified atom stereocenters. The molecule has 0 amide bonds. The van der Waals surface area contributed by atoms with E-state index in [1.807, 2.05) is 18.9 Å². The molecule has 86 valence electrons. The molecule has 3 nitrogen and oxygen atoms in total. The zero-order valence-corrected chi connectivity index (χ0v) is 9.27. The molecule has 0 heterocycles. The SMILES string of the molecule is CCN(C)c1cccc(F)c1/C=C/C(=O)O. The molecule has 1 rings (SSSR count). The summed E-state index contributed by atoms with van der Waals surface area (Å²) in [5.41, 5.74) is 0.981. The molecule has 0 spiro atoms. The van der Waals surface area contributed by atoms with Gasteiger partial charge in [0.15, 0.2) is 0 Å². The molecule has 0 saturated heterocycles. The van der Waals surface area contributed by atoms with E-state index in [1.54, 1.807) is 12.1 Å². The fourth-order valence-corrected chi connectivity index (χ4v) is 1.35. The van der Waals surface area contributed by atoms with Crippen LogP contribution in [-0.2, 0) is 4.79 Å². The maximum atomic E-state index is 13.5. The van der Waals surface area contributed by atoms with Gasteiger partial charge in [0.2, 0.25) is 0 Å². The second kappa shape index (κ2) is 5.30. The van der Waals surface area contributed by atoms with E-state index >= 15 is 0 Å². The fraction of sp³-hybridized carbons (Fsp3) is 0.250. The topological polar surface area (TPSA) is 40.5 Å². The van der Waals surface area contributed by atoms with Gasteiger partial charge in [0.05, 0.1) is 0 Å². The van der Waals surface area contributed by atoms with Gasteiger partial charge in [-0.2, -0.15) is 0 Å². The van der Waals surface area contributed by atoms with Gasteiger partial charge in [-0.3, -0.25) is 0 Å². The zero-order chi connectivity index (χ0) is 12.1. The van der Waals surface area contributed by atoms with E-state index in [0.29, 0.717) is 11.3 Å². The lowest BCUT2D eigenvalue weighted by Gasteiger charge is -2.19. The van der Waals surface area contributed by atoms with Crippen LogP contribution in [0.3, 0.4) is 0 Å². The van der Waals surface area contributed by atoms with Crippen LogP contribution in [0.4, 0.5) is 10.1 Å². The lowest BCUT2D eigenvalue weighted by molar-refractivity contribution is -0.131. The Labute approximate surface area is 93.8 Å². The van der Waals surface area contributed by atoms with Crippen molar-refractivity contribution in [1.29, 1.82) is 0 Å². The minimum absolute atomic E-state index is 0.300. The van der Waals surface area contributed by atoms with Crippen LogP contribution in [0.2, 0.25) is 0 Å². The molecule has 0 aliphatic heterocycles. The highest BCUT2D eigenvalue weighted by atomic mass is 19.1. The third-order valence-electron chi connectivity index (χ3n) is 2.31. The van der Waals surface area contributed by atoms with Crippen LogP contribution in [0.1, 0.15) is 12.5 Å². The maximum absolute atomic E-state index is 13.5. The fourth-order valence-electron chi connectivity index (χ4n) is 1.35. The molecule has 0 saturated carbocycles. The first kappa shape index (κ1) is 12.2. The third kappa shape index (κ3) is 2.82. The Morgan fingerprint density at radius 3 is 2.81 bits per heavy atom. The second-order valence-electron chi connectivity index (χ2n) is 3.36. The Morgan fingerprint density at radius 1 is 1.56 bits per heavy atom. The lowest BCUT2D eigenvalue weighted by Crippen LogP contribution is -2.17. The number of carboxylic acid groups (broad SMARTS) is 1. The molecule has 0 bridgehead atoms. The predicted octanol–water partition coefficient (Wildman–Crippen LogP) is 2.38. The lowest BCUT2D eigenvalue weighted by atomic mass is 10.1. The highest BCUT2D eigenvalue weighted by molar-refractivity contribution is 5.87. The van der Waals surface area contributed by atoms with Crippen molar-refractivity contribution in [2.45, 2.75) is 6.92 Å². The Bertz CT molecular complexity index is 415. The standard InChI is InChI=1S/C12H14FNO2/c1-3-14(2)11-6-4-5-10(13)9(11)7-8-12(15)16/h4-8H,3H2,1-2H3,(H,15,16)/b8-7+. The molecule has 0 aliphatic rings. The Morgan fingerprint density at radius 2 is 2.25 bits per heavy atom. The first-order valence-corrected chi connectivity index (χ1v) is 4.97. The number of hydrogen-bond acceptors (Lipinski definition) is 2. The van der Waals surface area contributed by atoms with Crippen molar-refractivity contribution in [2.75, 3.05) is 18.5 Å². The molecule has 0 fully saturated rings. The number of carboxylic acids is 1. The van der Waals surface area contributed by atoms with Crippen molar-refractivity contribution < 1.29 is 14.3 Å². The summed E-state index contributed by atoms with van der Waals surface area (Å²) in [7, 11) is 1.83. The normalized spacial score (nSPS) is 10.7. The first-order valence-electron chi connectivity index (χ1n) is 4.97. The van der Waals surface area contributed by atoms with Crippen molar-refractivity contribution >= 4 is 17.7 Å². The number of anilines is 1. The summed E-state index contributed by atoms with van der Waals surface area (Å²) in [6.07, 6.45) is 2.21. The highest BCUT2D eigenvalue weighted by Gasteiger charge is 2.08. The summed E-state index contributed by atoms with van der Waals surface area (Å²) in [6, 6.07) is 4.68. The Balaban J connectivity index is 3.18. The van der Waals surface area contributed by atoms with E-state index < -0.39 is 11.8 Å². The first-order chi connectivity index (χ1) is 7.56. The van der Waals surface area contributed by atoms with Crippen molar-refractivity contribution in [2.24, 2.45) is 0 Å². The van der Waals surface area contributed by atoms with Gasteiger partial charge in [-0.1, -0.05) is 6.07 Å². The molecule has 4 heteroatoms. The zero-order valence-electron chi connectivity index (χ0n) is 9.27. The molecule has 1 aromatic rings. The minimum atomic E-state index is -1.09. The summed E-state index contributed by atoms with van der Waals surface area (Å²) in [6.45, 7) is 2.66. The largest absolute Gasteiger partial charge is 0.478 e. The number of halogens is 1. The van der Waals surface area contributed by atoms with Gasteiger partial charge in [-0.25, -0.2) is 9.18 Å².